The Balaban J connectivity index is 1.57. The van der Waals surface area contributed by atoms with Gasteiger partial charge in [0.1, 0.15) is 6.04 Å². The molecular weight excluding hydrogens is 378 g/mol. The zero-order valence-corrected chi connectivity index (χ0v) is 15.4. The van der Waals surface area contributed by atoms with Gasteiger partial charge in [-0.05, 0) is 0 Å². The predicted molar refractivity (Wildman–Crippen MR) is 92.1 cm³/mol. The molecule has 0 spiro atoms. The van der Waals surface area contributed by atoms with Crippen LogP contribution in [-0.4, -0.2) is 64.2 Å². The van der Waals surface area contributed by atoms with E-state index < -0.39 is 27.8 Å². The Kier molecular flexibility index (Phi) is 4.35. The zero-order valence-electron chi connectivity index (χ0n) is 14.6. The molecule has 1 saturated heterocycles. The van der Waals surface area contributed by atoms with Crippen LogP contribution in [0.1, 0.15) is 25.5 Å². The molecule has 0 aliphatic carbocycles. The minimum atomic E-state index is -4.77. The summed E-state index contributed by atoms with van der Waals surface area (Å²) in [6.07, 6.45) is 0.828. The van der Waals surface area contributed by atoms with Gasteiger partial charge in [0.2, 0.25) is 10.4 Å². The Morgan fingerprint density at radius 3 is 2.78 bits per heavy atom. The maximum Gasteiger partial charge on any atom is 0.346 e. The summed E-state index contributed by atoms with van der Waals surface area (Å²) in [5.74, 6) is 0.723. The van der Waals surface area contributed by atoms with Crippen molar-refractivity contribution in [3.05, 3.63) is 32.6 Å². The lowest BCUT2D eigenvalue weighted by Crippen LogP contribution is -2.59. The normalized spacial score (nSPS) is 32.6. The number of nitrogens with zero attached hydrogens (tertiary/aromatic N) is 1. The van der Waals surface area contributed by atoms with E-state index in [9.17, 15) is 22.6 Å². The van der Waals surface area contributed by atoms with Crippen LogP contribution in [0.3, 0.4) is 0 Å². The molecule has 0 bridgehead atoms. The second kappa shape index (κ2) is 6.46. The number of aromatic amines is 2. The van der Waals surface area contributed by atoms with Gasteiger partial charge in [-0.25, -0.2) is 13.2 Å². The number of rotatable bonds is 4. The zero-order chi connectivity index (χ0) is 19.3. The number of aromatic nitrogens is 2. The molecule has 27 heavy (non-hydrogen) atoms. The summed E-state index contributed by atoms with van der Waals surface area (Å²) < 4.78 is 40.3. The molecular formula is C15H21N5O6S. The van der Waals surface area contributed by atoms with Gasteiger partial charge < -0.3 is 9.54 Å². The maximum absolute atomic E-state index is 11.5. The smallest absolute Gasteiger partial charge is 0.346 e. The van der Waals surface area contributed by atoms with Gasteiger partial charge in [-0.1, -0.05) is 6.92 Å². The molecule has 0 aromatic carbocycles. The van der Waals surface area contributed by atoms with Crippen molar-refractivity contribution in [1.29, 1.82) is 0 Å². The molecule has 11 nitrogen and oxygen atoms in total. The van der Waals surface area contributed by atoms with Crippen molar-refractivity contribution in [3.63, 3.8) is 0 Å². The van der Waals surface area contributed by atoms with E-state index in [-0.39, 0.29) is 24.0 Å². The molecule has 3 aliphatic heterocycles. The van der Waals surface area contributed by atoms with Gasteiger partial charge in [-0.2, -0.15) is 0 Å². The van der Waals surface area contributed by atoms with Gasteiger partial charge >= 0.3 is 11.6 Å². The molecule has 1 aromatic rings. The Morgan fingerprint density at radius 2 is 2.07 bits per heavy atom. The first kappa shape index (κ1) is 18.2. The fraction of sp³-hybridized carbons (Fsp3) is 0.667. The van der Waals surface area contributed by atoms with Crippen LogP contribution in [0.5, 0.6) is 0 Å². The highest BCUT2D eigenvalue weighted by molar-refractivity contribution is 7.80. The molecule has 12 heteroatoms. The average molecular weight is 399 g/mol. The lowest BCUT2D eigenvalue weighted by Gasteiger charge is -2.41. The van der Waals surface area contributed by atoms with Crippen molar-refractivity contribution < 1.29 is 21.7 Å². The van der Waals surface area contributed by atoms with Gasteiger partial charge in [0.25, 0.3) is 5.56 Å². The second-order valence-electron chi connectivity index (χ2n) is 7.39. The molecule has 1 aromatic heterocycles. The summed E-state index contributed by atoms with van der Waals surface area (Å²) in [4.78, 5) is 27.7. The molecule has 4 N–H and O–H groups in total. The number of piperidine rings is 1. The number of nitrogens with one attached hydrogen (secondary N) is 4. The molecule has 0 unspecified atom stereocenters. The van der Waals surface area contributed by atoms with E-state index in [0.29, 0.717) is 31.5 Å². The van der Waals surface area contributed by atoms with Gasteiger partial charge in [0.15, 0.2) is 0 Å². The summed E-state index contributed by atoms with van der Waals surface area (Å²) in [7, 11) is -4.77. The van der Waals surface area contributed by atoms with Gasteiger partial charge in [0, 0.05) is 36.9 Å². The van der Waals surface area contributed by atoms with Crippen LogP contribution in [0.4, 0.5) is 0 Å². The minimum absolute atomic E-state index is 0.0112. The molecule has 4 rings (SSSR count). The first-order chi connectivity index (χ1) is 12.7. The SMILES string of the molecule is C[C@H]1[C@@H](OS(=O)(=O)[O-])C[C@@H]2C[C@H](Cc3cc(=O)[nH]c(=O)[nH]3)NC3=[N+]2[C@@H]1CN3. The molecule has 1 fully saturated rings. The summed E-state index contributed by atoms with van der Waals surface area (Å²) in [5.41, 5.74) is -0.496. The topological polar surface area (TPSA) is 159 Å². The van der Waals surface area contributed by atoms with Crippen LogP contribution < -0.4 is 21.9 Å². The van der Waals surface area contributed by atoms with E-state index in [1.54, 1.807) is 0 Å². The van der Waals surface area contributed by atoms with Crippen LogP contribution in [0.2, 0.25) is 0 Å². The van der Waals surface area contributed by atoms with Crippen molar-refractivity contribution in [3.8, 4) is 0 Å². The fourth-order valence-corrected chi connectivity index (χ4v) is 5.07. The van der Waals surface area contributed by atoms with Crippen molar-refractivity contribution in [1.82, 2.24) is 20.6 Å². The molecule has 0 amide bonds. The third kappa shape index (κ3) is 3.64. The molecule has 0 radical (unpaired) electrons. The van der Waals surface area contributed by atoms with Crippen molar-refractivity contribution in [2.75, 3.05) is 6.54 Å². The molecule has 5 atom stereocenters. The van der Waals surface area contributed by atoms with Crippen LogP contribution in [0.25, 0.3) is 0 Å². The third-order valence-corrected chi connectivity index (χ3v) is 6.09. The predicted octanol–water partition coefficient (Wildman–Crippen LogP) is -2.44. The number of hydrogen-bond donors (Lipinski definition) is 4. The first-order valence-electron chi connectivity index (χ1n) is 8.82. The van der Waals surface area contributed by atoms with Crippen LogP contribution in [0, 0.1) is 5.92 Å². The largest absolute Gasteiger partial charge is 0.726 e. The molecule has 4 heterocycles. The summed E-state index contributed by atoms with van der Waals surface area (Å²) in [6.45, 7) is 2.50. The number of hydrogen-bond acceptors (Lipinski definition) is 8. The van der Waals surface area contributed by atoms with Gasteiger partial charge in [-0.15, -0.1) is 0 Å². The van der Waals surface area contributed by atoms with E-state index in [1.165, 1.54) is 6.07 Å². The van der Waals surface area contributed by atoms with E-state index in [1.807, 2.05) is 6.92 Å². The Labute approximate surface area is 154 Å². The Bertz CT molecular complexity index is 970. The monoisotopic (exact) mass is 399 g/mol. The van der Waals surface area contributed by atoms with Crippen molar-refractivity contribution >= 4 is 16.4 Å². The number of guanidine groups is 1. The van der Waals surface area contributed by atoms with Crippen LogP contribution in [0.15, 0.2) is 15.7 Å². The highest BCUT2D eigenvalue weighted by atomic mass is 32.3. The molecule has 148 valence electrons. The summed E-state index contributed by atoms with van der Waals surface area (Å²) in [5, 5.41) is 6.68. The second-order valence-corrected chi connectivity index (χ2v) is 8.40. The van der Waals surface area contributed by atoms with E-state index >= 15 is 0 Å². The van der Waals surface area contributed by atoms with Gasteiger partial charge in [-0.3, -0.25) is 29.2 Å². The third-order valence-electron chi connectivity index (χ3n) is 5.61. The minimum Gasteiger partial charge on any atom is -0.726 e. The maximum atomic E-state index is 11.5. The van der Waals surface area contributed by atoms with E-state index in [2.05, 4.69) is 25.2 Å². The van der Waals surface area contributed by atoms with E-state index in [0.717, 1.165) is 5.96 Å². The van der Waals surface area contributed by atoms with Crippen molar-refractivity contribution in [2.24, 2.45) is 5.92 Å². The molecule has 0 saturated carbocycles. The van der Waals surface area contributed by atoms with E-state index in [4.69, 9.17) is 4.18 Å². The van der Waals surface area contributed by atoms with Crippen LogP contribution >= 0.6 is 0 Å². The Morgan fingerprint density at radius 1 is 1.30 bits per heavy atom. The number of H-pyrrole nitrogens is 2. The average Bonchev–Trinajstić information content (AvgIpc) is 2.94. The summed E-state index contributed by atoms with van der Waals surface area (Å²) in [6, 6.07) is 1.30. The highest BCUT2D eigenvalue weighted by Crippen LogP contribution is 2.33. The summed E-state index contributed by atoms with van der Waals surface area (Å²) >= 11 is 0. The first-order valence-corrected chi connectivity index (χ1v) is 10.2. The van der Waals surface area contributed by atoms with Crippen LogP contribution in [-0.2, 0) is 21.0 Å². The lowest BCUT2D eigenvalue weighted by atomic mass is 9.83. The van der Waals surface area contributed by atoms with Crippen molar-refractivity contribution in [2.45, 2.75) is 50.4 Å². The fourth-order valence-electron chi connectivity index (χ4n) is 4.52. The lowest BCUT2D eigenvalue weighted by molar-refractivity contribution is -0.620. The quantitative estimate of drug-likeness (QED) is 0.247. The standard InChI is InChI=1S/C15H21N5O6S/c1-7-11-6-16-14-17-8(2-9-4-13(21)19-15(22)18-9)3-10(20(11)14)5-12(7)26-27(23,24)25/h4,7-8,10-12H,2-3,5-6H2,1H3,(H4,16,17,18,19,21,22,23,24,25)/t7-,8+,10+,11-,12+/m1/s1. The highest BCUT2D eigenvalue weighted by Gasteiger charge is 2.50. The Hall–Kier alpha value is -2.18. The molecule has 3 aliphatic rings. The van der Waals surface area contributed by atoms with Gasteiger partial charge in [0.05, 0.1) is 24.7 Å².